The highest BCUT2D eigenvalue weighted by atomic mass is 16.6. The number of aromatic hydroxyl groups is 1. The average Bonchev–Trinajstić information content (AvgIpc) is 2.41. The number of nitrogens with zero attached hydrogens (tertiary/aromatic N) is 1. The summed E-state index contributed by atoms with van der Waals surface area (Å²) in [7, 11) is 0. The van der Waals surface area contributed by atoms with Gasteiger partial charge in [-0.05, 0) is 12.1 Å². The number of nitro benzene ring substituents is 1. The zero-order valence-electron chi connectivity index (χ0n) is 9.99. The second-order valence-corrected chi connectivity index (χ2v) is 3.85. The van der Waals surface area contributed by atoms with Gasteiger partial charge in [0.05, 0.1) is 16.2 Å². The average molecular weight is 275 g/mol. The van der Waals surface area contributed by atoms with E-state index in [9.17, 15) is 24.8 Å². The molecule has 0 radical (unpaired) electrons. The zero-order valence-corrected chi connectivity index (χ0v) is 9.99. The van der Waals surface area contributed by atoms with Crippen molar-refractivity contribution in [2.75, 3.05) is 5.32 Å². The van der Waals surface area contributed by atoms with Crippen LogP contribution in [0.4, 0.5) is 11.4 Å². The summed E-state index contributed by atoms with van der Waals surface area (Å²) in [5, 5.41) is 22.5. The van der Waals surface area contributed by atoms with Crippen molar-refractivity contribution in [2.45, 2.75) is 0 Å². The van der Waals surface area contributed by atoms with E-state index in [2.05, 4.69) is 10.3 Å². The number of pyridine rings is 1. The Morgan fingerprint density at radius 3 is 2.65 bits per heavy atom. The van der Waals surface area contributed by atoms with Gasteiger partial charge < -0.3 is 15.4 Å². The second kappa shape index (κ2) is 5.22. The normalized spacial score (nSPS) is 10.0. The molecule has 2 rings (SSSR count). The van der Waals surface area contributed by atoms with E-state index in [1.165, 1.54) is 18.3 Å². The minimum Gasteiger partial charge on any atom is -0.506 e. The van der Waals surface area contributed by atoms with Gasteiger partial charge in [-0.1, -0.05) is 0 Å². The van der Waals surface area contributed by atoms with Crippen molar-refractivity contribution in [3.63, 3.8) is 0 Å². The highest BCUT2D eigenvalue weighted by Crippen LogP contribution is 2.28. The van der Waals surface area contributed by atoms with Gasteiger partial charge >= 0.3 is 0 Å². The summed E-state index contributed by atoms with van der Waals surface area (Å²) >= 11 is 0. The van der Waals surface area contributed by atoms with Crippen molar-refractivity contribution < 1.29 is 14.8 Å². The van der Waals surface area contributed by atoms with Gasteiger partial charge in [0.15, 0.2) is 0 Å². The number of phenolic OH excluding ortho intramolecular Hbond substituents is 1. The van der Waals surface area contributed by atoms with Crippen LogP contribution in [0.3, 0.4) is 0 Å². The van der Waals surface area contributed by atoms with Crippen LogP contribution in [0.5, 0.6) is 5.75 Å². The Kier molecular flexibility index (Phi) is 3.47. The lowest BCUT2D eigenvalue weighted by atomic mass is 10.2. The SMILES string of the molecule is O=C(Nc1cc([N+](=O)[O-])ccc1O)c1ccc(=O)[nH]c1. The number of benzene rings is 1. The predicted molar refractivity (Wildman–Crippen MR) is 69.8 cm³/mol. The van der Waals surface area contributed by atoms with Gasteiger partial charge in [0.25, 0.3) is 11.6 Å². The molecule has 0 aliphatic heterocycles. The second-order valence-electron chi connectivity index (χ2n) is 3.85. The maximum Gasteiger partial charge on any atom is 0.271 e. The number of amides is 1. The van der Waals surface area contributed by atoms with E-state index in [4.69, 9.17) is 0 Å². The third-order valence-electron chi connectivity index (χ3n) is 2.49. The van der Waals surface area contributed by atoms with Gasteiger partial charge in [0, 0.05) is 24.4 Å². The number of aromatic nitrogens is 1. The van der Waals surface area contributed by atoms with Crippen molar-refractivity contribution in [3.05, 3.63) is 62.6 Å². The molecular weight excluding hydrogens is 266 g/mol. The highest BCUT2D eigenvalue weighted by molar-refractivity contribution is 6.04. The first kappa shape index (κ1) is 13.3. The van der Waals surface area contributed by atoms with Crippen LogP contribution in [0.15, 0.2) is 41.3 Å². The molecule has 0 saturated heterocycles. The predicted octanol–water partition coefficient (Wildman–Crippen LogP) is 1.24. The summed E-state index contributed by atoms with van der Waals surface area (Å²) in [5.74, 6) is -0.912. The van der Waals surface area contributed by atoms with Crippen molar-refractivity contribution >= 4 is 17.3 Å². The Morgan fingerprint density at radius 2 is 2.05 bits per heavy atom. The molecular formula is C12H9N3O5. The summed E-state index contributed by atoms with van der Waals surface area (Å²) in [6, 6.07) is 5.73. The standard InChI is InChI=1S/C12H9N3O5/c16-10-3-2-8(15(19)20)5-9(10)14-12(18)7-1-4-11(17)13-6-7/h1-6,16H,(H,13,17)(H,14,18). The minimum atomic E-state index is -0.644. The van der Waals surface area contributed by atoms with E-state index in [-0.39, 0.29) is 28.2 Å². The Hall–Kier alpha value is -3.16. The summed E-state index contributed by atoms with van der Waals surface area (Å²) in [6.07, 6.45) is 1.20. The smallest absolute Gasteiger partial charge is 0.271 e. The van der Waals surface area contributed by atoms with Crippen LogP contribution in [-0.2, 0) is 0 Å². The Balaban J connectivity index is 2.27. The Morgan fingerprint density at radius 1 is 1.30 bits per heavy atom. The number of rotatable bonds is 3. The molecule has 1 aromatic carbocycles. The number of anilines is 1. The topological polar surface area (TPSA) is 125 Å². The number of H-pyrrole nitrogens is 1. The molecule has 2 aromatic rings. The van der Waals surface area contributed by atoms with Crippen LogP contribution in [-0.4, -0.2) is 20.9 Å². The van der Waals surface area contributed by atoms with E-state index in [1.54, 1.807) is 0 Å². The number of hydrogen-bond acceptors (Lipinski definition) is 5. The van der Waals surface area contributed by atoms with Gasteiger partial charge in [0.2, 0.25) is 5.56 Å². The van der Waals surface area contributed by atoms with E-state index >= 15 is 0 Å². The van der Waals surface area contributed by atoms with Gasteiger partial charge in [-0.3, -0.25) is 19.7 Å². The molecule has 0 aliphatic rings. The number of nitro groups is 1. The molecule has 3 N–H and O–H groups in total. The zero-order chi connectivity index (χ0) is 14.7. The fraction of sp³-hybridized carbons (Fsp3) is 0. The molecule has 1 amide bonds. The Bertz CT molecular complexity index is 718. The molecule has 0 saturated carbocycles. The molecule has 8 nitrogen and oxygen atoms in total. The van der Waals surface area contributed by atoms with Gasteiger partial charge in [-0.15, -0.1) is 0 Å². The first-order valence-electron chi connectivity index (χ1n) is 5.45. The molecule has 1 heterocycles. The molecule has 0 aliphatic carbocycles. The van der Waals surface area contributed by atoms with Crippen LogP contribution >= 0.6 is 0 Å². The molecule has 0 fully saturated rings. The number of aromatic amines is 1. The first-order valence-corrected chi connectivity index (χ1v) is 5.45. The third-order valence-corrected chi connectivity index (χ3v) is 2.49. The van der Waals surface area contributed by atoms with Crippen LogP contribution < -0.4 is 10.9 Å². The van der Waals surface area contributed by atoms with Crippen molar-refractivity contribution in [2.24, 2.45) is 0 Å². The number of carbonyl (C=O) groups excluding carboxylic acids is 1. The lowest BCUT2D eigenvalue weighted by Gasteiger charge is -2.06. The van der Waals surface area contributed by atoms with E-state index in [0.29, 0.717) is 0 Å². The first-order chi connectivity index (χ1) is 9.47. The molecule has 0 atom stereocenters. The van der Waals surface area contributed by atoms with Crippen molar-refractivity contribution in [1.82, 2.24) is 4.98 Å². The lowest BCUT2D eigenvalue weighted by Crippen LogP contribution is -2.14. The number of carbonyl (C=O) groups is 1. The minimum absolute atomic E-state index is 0.0876. The Labute approximate surface area is 111 Å². The third kappa shape index (κ3) is 2.80. The monoisotopic (exact) mass is 275 g/mol. The van der Waals surface area contributed by atoms with Crippen LogP contribution in [0.1, 0.15) is 10.4 Å². The summed E-state index contributed by atoms with van der Waals surface area (Å²) in [4.78, 5) is 35.0. The molecule has 0 spiro atoms. The van der Waals surface area contributed by atoms with Crippen LogP contribution in [0.25, 0.3) is 0 Å². The summed E-state index contributed by atoms with van der Waals surface area (Å²) < 4.78 is 0. The summed E-state index contributed by atoms with van der Waals surface area (Å²) in [6.45, 7) is 0. The molecule has 0 unspecified atom stereocenters. The fourth-order valence-corrected chi connectivity index (χ4v) is 1.48. The van der Waals surface area contributed by atoms with E-state index in [1.807, 2.05) is 0 Å². The largest absolute Gasteiger partial charge is 0.506 e. The maximum atomic E-state index is 11.8. The molecule has 8 heteroatoms. The molecule has 20 heavy (non-hydrogen) atoms. The number of non-ortho nitro benzene ring substituents is 1. The van der Waals surface area contributed by atoms with Gasteiger partial charge in [-0.2, -0.15) is 0 Å². The number of nitrogens with one attached hydrogen (secondary N) is 2. The summed E-state index contributed by atoms with van der Waals surface area (Å²) in [5.41, 5.74) is -0.565. The van der Waals surface area contributed by atoms with Gasteiger partial charge in [0.1, 0.15) is 5.75 Å². The molecule has 0 bridgehead atoms. The lowest BCUT2D eigenvalue weighted by molar-refractivity contribution is -0.384. The molecule has 1 aromatic heterocycles. The van der Waals surface area contributed by atoms with Crippen molar-refractivity contribution in [1.29, 1.82) is 0 Å². The van der Waals surface area contributed by atoms with Crippen LogP contribution in [0, 0.1) is 10.1 Å². The van der Waals surface area contributed by atoms with Crippen LogP contribution in [0.2, 0.25) is 0 Å². The van der Waals surface area contributed by atoms with E-state index in [0.717, 1.165) is 18.2 Å². The quantitative estimate of drug-likeness (QED) is 0.441. The maximum absolute atomic E-state index is 11.8. The van der Waals surface area contributed by atoms with E-state index < -0.39 is 10.8 Å². The number of phenols is 1. The van der Waals surface area contributed by atoms with Gasteiger partial charge in [-0.25, -0.2) is 0 Å². The number of hydrogen-bond donors (Lipinski definition) is 3. The molecule has 102 valence electrons. The highest BCUT2D eigenvalue weighted by Gasteiger charge is 2.13. The fourth-order valence-electron chi connectivity index (χ4n) is 1.48. The van der Waals surface area contributed by atoms with Crippen molar-refractivity contribution in [3.8, 4) is 5.75 Å².